The van der Waals surface area contributed by atoms with Crippen LogP contribution in [0, 0.1) is 6.92 Å². The number of nitrogens with zero attached hydrogens (tertiary/aromatic N) is 5. The summed E-state index contributed by atoms with van der Waals surface area (Å²) in [7, 11) is 0. The molecular weight excluding hydrogens is 278 g/mol. The number of pyridine rings is 1. The van der Waals surface area contributed by atoms with Crippen molar-refractivity contribution in [3.05, 3.63) is 36.2 Å². The van der Waals surface area contributed by atoms with E-state index in [9.17, 15) is 0 Å². The zero-order chi connectivity index (χ0) is 15.5. The third-order valence-corrected chi connectivity index (χ3v) is 4.14. The third kappa shape index (κ3) is 3.13. The first-order valence-corrected chi connectivity index (χ1v) is 7.76. The molecule has 0 radical (unpaired) electrons. The second-order valence-corrected chi connectivity index (χ2v) is 5.87. The van der Waals surface area contributed by atoms with Gasteiger partial charge in [-0.25, -0.2) is 9.67 Å². The Labute approximate surface area is 131 Å². The maximum atomic E-state index is 9.11. The van der Waals surface area contributed by atoms with E-state index in [1.165, 1.54) is 0 Å². The SMILES string of the molecule is Cc1cnn(-c2cccc(N3CCN(CCO)C(C)C3)n2)c1. The Kier molecular flexibility index (Phi) is 4.40. The smallest absolute Gasteiger partial charge is 0.155 e. The fourth-order valence-corrected chi connectivity index (χ4v) is 2.92. The van der Waals surface area contributed by atoms with Crippen molar-refractivity contribution in [3.63, 3.8) is 0 Å². The van der Waals surface area contributed by atoms with Crippen molar-refractivity contribution < 1.29 is 5.11 Å². The minimum Gasteiger partial charge on any atom is -0.395 e. The number of anilines is 1. The molecule has 1 unspecified atom stereocenters. The summed E-state index contributed by atoms with van der Waals surface area (Å²) >= 11 is 0. The van der Waals surface area contributed by atoms with Crippen molar-refractivity contribution >= 4 is 5.82 Å². The van der Waals surface area contributed by atoms with Gasteiger partial charge in [-0.05, 0) is 31.5 Å². The summed E-state index contributed by atoms with van der Waals surface area (Å²) in [6.45, 7) is 7.99. The van der Waals surface area contributed by atoms with Gasteiger partial charge >= 0.3 is 0 Å². The molecule has 1 N–H and O–H groups in total. The molecule has 0 spiro atoms. The molecule has 3 heterocycles. The standard InChI is InChI=1S/C16H23N5O/c1-13-10-17-21(11-13)16-5-3-4-15(18-16)20-7-6-19(8-9-22)14(2)12-20/h3-5,10-11,14,22H,6-9,12H2,1-2H3. The summed E-state index contributed by atoms with van der Waals surface area (Å²) in [4.78, 5) is 9.36. The highest BCUT2D eigenvalue weighted by Gasteiger charge is 2.24. The predicted molar refractivity (Wildman–Crippen MR) is 86.4 cm³/mol. The first kappa shape index (κ1) is 15.0. The fourth-order valence-electron chi connectivity index (χ4n) is 2.92. The second kappa shape index (κ2) is 6.46. The van der Waals surface area contributed by atoms with Gasteiger partial charge in [0.05, 0.1) is 12.8 Å². The van der Waals surface area contributed by atoms with Crippen LogP contribution in [0.25, 0.3) is 5.82 Å². The summed E-state index contributed by atoms with van der Waals surface area (Å²) in [5.74, 6) is 1.83. The lowest BCUT2D eigenvalue weighted by Gasteiger charge is -2.40. The van der Waals surface area contributed by atoms with E-state index in [2.05, 4.69) is 21.8 Å². The molecule has 3 rings (SSSR count). The van der Waals surface area contributed by atoms with Gasteiger partial charge in [0.1, 0.15) is 5.82 Å². The van der Waals surface area contributed by atoms with Crippen LogP contribution in [0.15, 0.2) is 30.6 Å². The molecule has 0 bridgehead atoms. The van der Waals surface area contributed by atoms with Crippen molar-refractivity contribution in [2.75, 3.05) is 37.7 Å². The number of piperazine rings is 1. The molecule has 6 nitrogen and oxygen atoms in total. The molecule has 1 aliphatic rings. The minimum absolute atomic E-state index is 0.219. The molecule has 0 saturated carbocycles. The van der Waals surface area contributed by atoms with Crippen LogP contribution in [0.2, 0.25) is 0 Å². The van der Waals surface area contributed by atoms with Gasteiger partial charge in [-0.2, -0.15) is 5.10 Å². The van der Waals surface area contributed by atoms with Gasteiger partial charge in [-0.3, -0.25) is 4.90 Å². The molecule has 22 heavy (non-hydrogen) atoms. The maximum absolute atomic E-state index is 9.11. The van der Waals surface area contributed by atoms with Crippen molar-refractivity contribution in [2.45, 2.75) is 19.9 Å². The fraction of sp³-hybridized carbons (Fsp3) is 0.500. The van der Waals surface area contributed by atoms with Crippen LogP contribution in [0.5, 0.6) is 0 Å². The number of β-amino-alcohol motifs (C(OH)–C–C–N with tert-alkyl or cyclic N) is 1. The van der Waals surface area contributed by atoms with E-state index in [-0.39, 0.29) is 6.61 Å². The number of rotatable bonds is 4. The van der Waals surface area contributed by atoms with E-state index < -0.39 is 0 Å². The number of hydrogen-bond donors (Lipinski definition) is 1. The van der Waals surface area contributed by atoms with Gasteiger partial charge in [0.2, 0.25) is 0 Å². The van der Waals surface area contributed by atoms with Crippen molar-refractivity contribution in [2.24, 2.45) is 0 Å². The van der Waals surface area contributed by atoms with Crippen molar-refractivity contribution in [3.8, 4) is 5.82 Å². The van der Waals surface area contributed by atoms with Crippen LogP contribution in [0.1, 0.15) is 12.5 Å². The normalized spacial score (nSPS) is 19.6. The van der Waals surface area contributed by atoms with Gasteiger partial charge in [0, 0.05) is 38.4 Å². The van der Waals surface area contributed by atoms with E-state index in [1.54, 1.807) is 0 Å². The van der Waals surface area contributed by atoms with Crippen LogP contribution < -0.4 is 4.90 Å². The Bertz CT molecular complexity index is 627. The van der Waals surface area contributed by atoms with Gasteiger partial charge in [-0.15, -0.1) is 0 Å². The number of hydrogen-bond acceptors (Lipinski definition) is 5. The molecule has 6 heteroatoms. The Morgan fingerprint density at radius 1 is 1.27 bits per heavy atom. The summed E-state index contributed by atoms with van der Waals surface area (Å²) < 4.78 is 1.81. The van der Waals surface area contributed by atoms with Gasteiger partial charge in [0.15, 0.2) is 5.82 Å². The first-order chi connectivity index (χ1) is 10.7. The Morgan fingerprint density at radius 3 is 2.77 bits per heavy atom. The zero-order valence-corrected chi connectivity index (χ0v) is 13.2. The van der Waals surface area contributed by atoms with Crippen LogP contribution in [-0.4, -0.2) is 63.6 Å². The van der Waals surface area contributed by atoms with Crippen LogP contribution >= 0.6 is 0 Å². The lowest BCUT2D eigenvalue weighted by molar-refractivity contribution is 0.146. The molecular formula is C16H23N5O. The van der Waals surface area contributed by atoms with Crippen LogP contribution in [-0.2, 0) is 0 Å². The number of aliphatic hydroxyl groups excluding tert-OH is 1. The van der Waals surface area contributed by atoms with Gasteiger partial charge < -0.3 is 10.0 Å². The molecule has 1 fully saturated rings. The number of aromatic nitrogens is 3. The Hall–Kier alpha value is -1.92. The monoisotopic (exact) mass is 301 g/mol. The average molecular weight is 301 g/mol. The maximum Gasteiger partial charge on any atom is 0.155 e. The van der Waals surface area contributed by atoms with Gasteiger partial charge in [-0.1, -0.05) is 6.07 Å². The van der Waals surface area contributed by atoms with Crippen molar-refractivity contribution in [1.82, 2.24) is 19.7 Å². The number of aliphatic hydroxyl groups is 1. The van der Waals surface area contributed by atoms with E-state index in [0.717, 1.165) is 43.4 Å². The zero-order valence-electron chi connectivity index (χ0n) is 13.2. The molecule has 0 aliphatic carbocycles. The predicted octanol–water partition coefficient (Wildman–Crippen LogP) is 1.08. The highest BCUT2D eigenvalue weighted by Crippen LogP contribution is 2.18. The first-order valence-electron chi connectivity index (χ1n) is 7.76. The summed E-state index contributed by atoms with van der Waals surface area (Å²) in [6.07, 6.45) is 3.82. The second-order valence-electron chi connectivity index (χ2n) is 5.87. The van der Waals surface area contributed by atoms with Gasteiger partial charge in [0.25, 0.3) is 0 Å². The lowest BCUT2D eigenvalue weighted by Crippen LogP contribution is -2.52. The van der Waals surface area contributed by atoms with Crippen molar-refractivity contribution in [1.29, 1.82) is 0 Å². The molecule has 2 aromatic rings. The molecule has 1 aliphatic heterocycles. The number of aryl methyl sites for hydroxylation is 1. The van der Waals surface area contributed by atoms with E-state index in [1.807, 2.05) is 42.2 Å². The third-order valence-electron chi connectivity index (χ3n) is 4.14. The summed E-state index contributed by atoms with van der Waals surface area (Å²) in [5.41, 5.74) is 1.12. The highest BCUT2D eigenvalue weighted by molar-refractivity contribution is 5.43. The molecule has 1 atom stereocenters. The van der Waals surface area contributed by atoms with E-state index >= 15 is 0 Å². The molecule has 2 aromatic heterocycles. The summed E-state index contributed by atoms with van der Waals surface area (Å²) in [6, 6.07) is 6.47. The largest absolute Gasteiger partial charge is 0.395 e. The average Bonchev–Trinajstić information content (AvgIpc) is 2.96. The summed E-state index contributed by atoms with van der Waals surface area (Å²) in [5, 5.41) is 13.4. The topological polar surface area (TPSA) is 57.4 Å². The van der Waals surface area contributed by atoms with Crippen LogP contribution in [0.3, 0.4) is 0 Å². The van der Waals surface area contributed by atoms with Crippen LogP contribution in [0.4, 0.5) is 5.82 Å². The molecule has 1 saturated heterocycles. The quantitative estimate of drug-likeness (QED) is 0.916. The minimum atomic E-state index is 0.219. The lowest BCUT2D eigenvalue weighted by atomic mass is 10.2. The Balaban J connectivity index is 1.76. The molecule has 0 aromatic carbocycles. The van der Waals surface area contributed by atoms with E-state index in [0.29, 0.717) is 6.04 Å². The molecule has 0 amide bonds. The Morgan fingerprint density at radius 2 is 2.09 bits per heavy atom. The van der Waals surface area contributed by atoms with E-state index in [4.69, 9.17) is 10.1 Å². The highest BCUT2D eigenvalue weighted by atomic mass is 16.3. The molecule has 118 valence electrons.